The molecule has 0 aromatic heterocycles. The molecule has 1 heterocycles. The number of methoxy groups -OCH3 is 1. The van der Waals surface area contributed by atoms with E-state index >= 15 is 0 Å². The van der Waals surface area contributed by atoms with Crippen LogP contribution in [-0.2, 0) is 26.7 Å². The molecule has 182 valence electrons. The van der Waals surface area contributed by atoms with Crippen LogP contribution < -0.4 is 9.46 Å². The van der Waals surface area contributed by atoms with Gasteiger partial charge in [-0.15, -0.1) is 0 Å². The predicted octanol–water partition coefficient (Wildman–Crippen LogP) is 4.49. The fourth-order valence-electron chi connectivity index (χ4n) is 6.26. The maximum absolute atomic E-state index is 13.4. The molecule has 2 aromatic rings. The second-order valence-electron chi connectivity index (χ2n) is 10.3. The molecule has 6 nitrogen and oxygen atoms in total. The second kappa shape index (κ2) is 8.68. The standard InChI is InChI=1S/C27H34N2O4S/c1-18(19-8-6-13-29(2)17-19)21-14-20(15-23-22(21)16-26(30)27(23)11-7-12-27)28-34(31,32)25-10-5-4-9-24(25)33-3/h4-5,9-10,14-15,18-19,28H,6-8,11-13,16-17H2,1-3H3. The number of anilines is 1. The van der Waals surface area contributed by atoms with Crippen molar-refractivity contribution in [1.82, 2.24) is 4.90 Å². The van der Waals surface area contributed by atoms with Crippen molar-refractivity contribution in [2.75, 3.05) is 32.0 Å². The molecule has 0 bridgehead atoms. The van der Waals surface area contributed by atoms with E-state index in [0.29, 0.717) is 29.6 Å². The summed E-state index contributed by atoms with van der Waals surface area (Å²) in [5, 5.41) is 0. The van der Waals surface area contributed by atoms with Gasteiger partial charge in [0.1, 0.15) is 16.4 Å². The Morgan fingerprint density at radius 1 is 1.18 bits per heavy atom. The van der Waals surface area contributed by atoms with Crippen molar-refractivity contribution in [1.29, 1.82) is 0 Å². The number of likely N-dealkylation sites (tertiary alicyclic amines) is 1. The number of ketones is 1. The van der Waals surface area contributed by atoms with Gasteiger partial charge in [-0.1, -0.05) is 25.5 Å². The lowest BCUT2D eigenvalue weighted by atomic mass is 9.64. The Balaban J connectivity index is 1.57. The fourth-order valence-corrected chi connectivity index (χ4v) is 7.47. The number of Topliss-reactive ketones (excluding diaryl/α,β-unsaturated/α-hetero) is 1. The zero-order valence-corrected chi connectivity index (χ0v) is 21.1. The highest BCUT2D eigenvalue weighted by atomic mass is 32.2. The van der Waals surface area contributed by atoms with E-state index in [9.17, 15) is 13.2 Å². The molecular weight excluding hydrogens is 448 g/mol. The number of benzene rings is 2. The van der Waals surface area contributed by atoms with E-state index in [2.05, 4.69) is 23.6 Å². The Kier molecular flexibility index (Phi) is 5.97. The van der Waals surface area contributed by atoms with Crippen molar-refractivity contribution in [3.63, 3.8) is 0 Å². The molecule has 1 aliphatic heterocycles. The quantitative estimate of drug-likeness (QED) is 0.657. The number of fused-ring (bicyclic) bond motifs is 2. The molecule has 1 saturated carbocycles. The van der Waals surface area contributed by atoms with Crippen LogP contribution in [0.25, 0.3) is 0 Å². The summed E-state index contributed by atoms with van der Waals surface area (Å²) in [6, 6.07) is 10.5. The third-order valence-corrected chi connectivity index (χ3v) is 9.77. The number of carbonyl (C=O) groups is 1. The predicted molar refractivity (Wildman–Crippen MR) is 133 cm³/mol. The summed E-state index contributed by atoms with van der Waals surface area (Å²) < 4.78 is 34.8. The molecule has 1 saturated heterocycles. The van der Waals surface area contributed by atoms with Crippen LogP contribution in [0.3, 0.4) is 0 Å². The normalized spacial score (nSPS) is 22.8. The van der Waals surface area contributed by atoms with Crippen molar-refractivity contribution in [3.8, 4) is 5.75 Å². The zero-order valence-electron chi connectivity index (χ0n) is 20.3. The highest BCUT2D eigenvalue weighted by Gasteiger charge is 2.51. The molecule has 5 rings (SSSR count). The summed E-state index contributed by atoms with van der Waals surface area (Å²) in [5.74, 6) is 1.33. The number of sulfonamides is 1. The van der Waals surface area contributed by atoms with Gasteiger partial charge in [0.05, 0.1) is 12.5 Å². The summed E-state index contributed by atoms with van der Waals surface area (Å²) >= 11 is 0. The van der Waals surface area contributed by atoms with Gasteiger partial charge >= 0.3 is 0 Å². The van der Waals surface area contributed by atoms with Crippen LogP contribution >= 0.6 is 0 Å². The van der Waals surface area contributed by atoms with E-state index in [0.717, 1.165) is 61.9 Å². The maximum Gasteiger partial charge on any atom is 0.265 e. The number of hydrogen-bond donors (Lipinski definition) is 1. The van der Waals surface area contributed by atoms with Crippen LogP contribution in [0.5, 0.6) is 5.75 Å². The minimum Gasteiger partial charge on any atom is -0.495 e. The van der Waals surface area contributed by atoms with Gasteiger partial charge < -0.3 is 9.64 Å². The first-order chi connectivity index (χ1) is 16.2. The Labute approximate surface area is 202 Å². The molecule has 2 aromatic carbocycles. The van der Waals surface area contributed by atoms with Crippen LogP contribution in [0.1, 0.15) is 61.6 Å². The molecule has 2 fully saturated rings. The number of para-hydroxylation sites is 1. The smallest absolute Gasteiger partial charge is 0.265 e. The zero-order chi connectivity index (χ0) is 24.1. The van der Waals surface area contributed by atoms with E-state index in [1.165, 1.54) is 7.11 Å². The van der Waals surface area contributed by atoms with Gasteiger partial charge in [-0.25, -0.2) is 8.42 Å². The first-order valence-electron chi connectivity index (χ1n) is 12.3. The summed E-state index contributed by atoms with van der Waals surface area (Å²) in [5.41, 5.74) is 3.45. The minimum atomic E-state index is -3.86. The lowest BCUT2D eigenvalue weighted by Gasteiger charge is -2.38. The van der Waals surface area contributed by atoms with Crippen molar-refractivity contribution in [2.24, 2.45) is 5.92 Å². The lowest BCUT2D eigenvalue weighted by Crippen LogP contribution is -2.39. The maximum atomic E-state index is 13.4. The third-order valence-electron chi connectivity index (χ3n) is 8.35. The second-order valence-corrected chi connectivity index (χ2v) is 12.0. The molecule has 1 N–H and O–H groups in total. The summed E-state index contributed by atoms with van der Waals surface area (Å²) in [7, 11) is -0.228. The largest absolute Gasteiger partial charge is 0.495 e. The Morgan fingerprint density at radius 2 is 1.94 bits per heavy atom. The number of carbonyl (C=O) groups excluding carboxylic acids is 1. The number of rotatable bonds is 6. The van der Waals surface area contributed by atoms with E-state index < -0.39 is 15.4 Å². The molecule has 3 aliphatic rings. The number of hydrogen-bond acceptors (Lipinski definition) is 5. The number of nitrogens with one attached hydrogen (secondary N) is 1. The highest BCUT2D eigenvalue weighted by Crippen LogP contribution is 2.53. The SMILES string of the molecule is COc1ccccc1S(=O)(=O)Nc1cc(C(C)C2CCCN(C)C2)c2c(c1)C1(CCC1)C(=O)C2. The van der Waals surface area contributed by atoms with Crippen LogP contribution in [0, 0.1) is 5.92 Å². The van der Waals surface area contributed by atoms with Gasteiger partial charge in [-0.2, -0.15) is 0 Å². The summed E-state index contributed by atoms with van der Waals surface area (Å²) in [6.45, 7) is 4.38. The monoisotopic (exact) mass is 482 g/mol. The molecular formula is C27H34N2O4S. The van der Waals surface area contributed by atoms with Gasteiger partial charge in [0.2, 0.25) is 0 Å². The fraction of sp³-hybridized carbons (Fsp3) is 0.519. The number of piperidine rings is 1. The number of ether oxygens (including phenoxy) is 1. The van der Waals surface area contributed by atoms with Crippen molar-refractivity contribution in [3.05, 3.63) is 53.1 Å². The van der Waals surface area contributed by atoms with Crippen LogP contribution in [-0.4, -0.2) is 46.3 Å². The van der Waals surface area contributed by atoms with Gasteiger partial charge in [0.25, 0.3) is 10.0 Å². The molecule has 0 radical (unpaired) electrons. The van der Waals surface area contributed by atoms with Gasteiger partial charge in [-0.05, 0) is 92.1 Å². The van der Waals surface area contributed by atoms with Gasteiger partial charge in [0, 0.05) is 18.7 Å². The summed E-state index contributed by atoms with van der Waals surface area (Å²) in [4.78, 5) is 15.7. The minimum absolute atomic E-state index is 0.107. The molecule has 0 amide bonds. The highest BCUT2D eigenvalue weighted by molar-refractivity contribution is 7.92. The van der Waals surface area contributed by atoms with Crippen LogP contribution in [0.15, 0.2) is 41.3 Å². The van der Waals surface area contributed by atoms with Crippen molar-refractivity contribution in [2.45, 2.75) is 61.7 Å². The Bertz CT molecular complexity index is 1220. The molecule has 2 aliphatic carbocycles. The summed E-state index contributed by atoms with van der Waals surface area (Å²) in [6.07, 6.45) is 5.55. The average molecular weight is 483 g/mol. The molecule has 34 heavy (non-hydrogen) atoms. The average Bonchev–Trinajstić information content (AvgIpc) is 3.09. The van der Waals surface area contributed by atoms with Crippen molar-refractivity contribution < 1.29 is 17.9 Å². The van der Waals surface area contributed by atoms with E-state index in [1.807, 2.05) is 12.1 Å². The van der Waals surface area contributed by atoms with E-state index in [4.69, 9.17) is 4.74 Å². The van der Waals surface area contributed by atoms with Gasteiger partial charge in [0.15, 0.2) is 0 Å². The van der Waals surface area contributed by atoms with Crippen molar-refractivity contribution >= 4 is 21.5 Å². The first kappa shape index (κ1) is 23.4. The van der Waals surface area contributed by atoms with E-state index in [-0.39, 0.29) is 10.8 Å². The molecule has 1 spiro atoms. The first-order valence-corrected chi connectivity index (χ1v) is 13.8. The Hall–Kier alpha value is -2.38. The molecule has 2 atom stereocenters. The van der Waals surface area contributed by atoms with Gasteiger partial charge in [-0.3, -0.25) is 9.52 Å². The molecule has 7 heteroatoms. The van der Waals surface area contributed by atoms with E-state index in [1.54, 1.807) is 24.3 Å². The third kappa shape index (κ3) is 3.83. The van der Waals surface area contributed by atoms with Crippen LogP contribution in [0.4, 0.5) is 5.69 Å². The lowest BCUT2D eigenvalue weighted by molar-refractivity contribution is -0.125. The molecule has 2 unspecified atom stereocenters. The number of nitrogens with zero attached hydrogens (tertiary/aromatic N) is 1. The van der Waals surface area contributed by atoms with Crippen LogP contribution in [0.2, 0.25) is 0 Å². The topological polar surface area (TPSA) is 75.7 Å². The Morgan fingerprint density at radius 3 is 2.62 bits per heavy atom.